The quantitative estimate of drug-likeness (QED) is 0.655. The first-order valence-corrected chi connectivity index (χ1v) is 10.1. The highest BCUT2D eigenvalue weighted by atomic mass is 35.5. The van der Waals surface area contributed by atoms with E-state index >= 15 is 0 Å². The van der Waals surface area contributed by atoms with Gasteiger partial charge in [0.05, 0.1) is 22.4 Å². The minimum Gasteiger partial charge on any atom is -0.382 e. The summed E-state index contributed by atoms with van der Waals surface area (Å²) in [6, 6.07) is 5.72. The topological polar surface area (TPSA) is 96.8 Å². The van der Waals surface area contributed by atoms with Crippen molar-refractivity contribution in [3.05, 3.63) is 41.4 Å². The van der Waals surface area contributed by atoms with E-state index in [-0.39, 0.29) is 23.3 Å². The molecule has 0 unspecified atom stereocenters. The van der Waals surface area contributed by atoms with Gasteiger partial charge in [0, 0.05) is 19.0 Å². The number of carbonyl (C=O) groups excluding carboxylic acids is 2. The molecule has 0 spiro atoms. The molecule has 1 saturated heterocycles. The van der Waals surface area contributed by atoms with E-state index in [1.165, 1.54) is 33.6 Å². The molecule has 0 radical (unpaired) electrons. The first kappa shape index (κ1) is 21.0. The molecule has 2 aromatic heterocycles. The molecule has 1 atom stereocenters. The number of hydrogen-bond acceptors (Lipinski definition) is 5. The van der Waals surface area contributed by atoms with Crippen molar-refractivity contribution >= 4 is 40.4 Å². The van der Waals surface area contributed by atoms with Gasteiger partial charge in [-0.1, -0.05) is 11.6 Å². The largest absolute Gasteiger partial charge is 0.382 e. The predicted molar refractivity (Wildman–Crippen MR) is 116 cm³/mol. The Morgan fingerprint density at radius 1 is 1.32 bits per heavy atom. The van der Waals surface area contributed by atoms with E-state index in [4.69, 9.17) is 17.3 Å². The minimum absolute atomic E-state index is 0.124. The Labute approximate surface area is 183 Å². The molecule has 1 fully saturated rings. The molecule has 0 bridgehead atoms. The zero-order chi connectivity index (χ0) is 22.7. The number of anilines is 2. The van der Waals surface area contributed by atoms with Crippen LogP contribution in [0.5, 0.6) is 0 Å². The zero-order valence-corrected chi connectivity index (χ0v) is 18.3. The first-order valence-electron chi connectivity index (χ1n) is 9.73. The number of amides is 2. The van der Waals surface area contributed by atoms with Crippen molar-refractivity contribution in [1.29, 1.82) is 0 Å². The Kier molecular flexibility index (Phi) is 4.88. The van der Waals surface area contributed by atoms with Gasteiger partial charge in [0.25, 0.3) is 5.91 Å². The maximum absolute atomic E-state index is 15.0. The molecule has 1 aliphatic heterocycles. The first-order chi connectivity index (χ1) is 14.5. The molecule has 1 aliphatic rings. The summed E-state index contributed by atoms with van der Waals surface area (Å²) < 4.78 is 16.5. The van der Waals surface area contributed by atoms with Gasteiger partial charge >= 0.3 is 0 Å². The molecule has 0 saturated carbocycles. The zero-order valence-electron chi connectivity index (χ0n) is 17.6. The standard InChI is InChI=1S/C21H22ClFN6O2/c1-11-9-27(12(2)30)21(3,4)20(31)28(11)17-7-13(5-6-15(17)23)16-8-14(22)18-19(24)25-10-26-29(16)18/h5-8,10-11H,9H2,1-4H3,(H2,24,25,26)/t11-/m0/s1. The molecule has 4 rings (SSSR count). The number of benzene rings is 1. The molecule has 3 aromatic rings. The van der Waals surface area contributed by atoms with Gasteiger partial charge in [-0.15, -0.1) is 0 Å². The van der Waals surface area contributed by atoms with Crippen molar-refractivity contribution in [3.8, 4) is 11.3 Å². The van der Waals surface area contributed by atoms with Crippen LogP contribution in [0.2, 0.25) is 5.02 Å². The summed E-state index contributed by atoms with van der Waals surface area (Å²) in [6.07, 6.45) is 1.31. The van der Waals surface area contributed by atoms with Crippen LogP contribution < -0.4 is 10.6 Å². The second-order valence-electron chi connectivity index (χ2n) is 8.16. The Balaban J connectivity index is 1.84. The lowest BCUT2D eigenvalue weighted by molar-refractivity contribution is -0.146. The summed E-state index contributed by atoms with van der Waals surface area (Å²) in [5.74, 6) is -0.885. The molecule has 2 N–H and O–H groups in total. The number of rotatable bonds is 2. The molecular weight excluding hydrogens is 423 g/mol. The van der Waals surface area contributed by atoms with Crippen molar-refractivity contribution in [1.82, 2.24) is 19.5 Å². The van der Waals surface area contributed by atoms with E-state index in [1.54, 1.807) is 39.0 Å². The van der Waals surface area contributed by atoms with Gasteiger partial charge in [0.1, 0.15) is 23.2 Å². The number of nitrogens with two attached hydrogens (primary N) is 1. The third-order valence-electron chi connectivity index (χ3n) is 5.72. The number of hydrogen-bond donors (Lipinski definition) is 1. The van der Waals surface area contributed by atoms with E-state index in [1.807, 2.05) is 0 Å². The van der Waals surface area contributed by atoms with Gasteiger partial charge < -0.3 is 15.5 Å². The Bertz CT molecular complexity index is 1220. The van der Waals surface area contributed by atoms with Gasteiger partial charge in [-0.3, -0.25) is 9.59 Å². The average Bonchev–Trinajstić information content (AvgIpc) is 3.04. The molecule has 10 heteroatoms. The Hall–Kier alpha value is -3.20. The van der Waals surface area contributed by atoms with E-state index in [0.717, 1.165) is 0 Å². The molecule has 162 valence electrons. The maximum Gasteiger partial charge on any atom is 0.252 e. The van der Waals surface area contributed by atoms with Crippen LogP contribution in [0.1, 0.15) is 27.7 Å². The van der Waals surface area contributed by atoms with Gasteiger partial charge in [0.15, 0.2) is 5.82 Å². The van der Waals surface area contributed by atoms with Crippen LogP contribution in [0.3, 0.4) is 0 Å². The van der Waals surface area contributed by atoms with E-state index in [9.17, 15) is 14.0 Å². The molecule has 31 heavy (non-hydrogen) atoms. The Morgan fingerprint density at radius 2 is 2.03 bits per heavy atom. The van der Waals surface area contributed by atoms with Crippen LogP contribution in [0, 0.1) is 5.82 Å². The lowest BCUT2D eigenvalue weighted by Gasteiger charge is -2.48. The van der Waals surface area contributed by atoms with Crippen molar-refractivity contribution < 1.29 is 14.0 Å². The minimum atomic E-state index is -1.10. The predicted octanol–water partition coefficient (Wildman–Crippen LogP) is 3.13. The lowest BCUT2D eigenvalue weighted by atomic mass is 9.93. The summed E-state index contributed by atoms with van der Waals surface area (Å²) in [7, 11) is 0. The van der Waals surface area contributed by atoms with Gasteiger partial charge in [0.2, 0.25) is 5.91 Å². The third kappa shape index (κ3) is 3.20. The smallest absolute Gasteiger partial charge is 0.252 e. The number of aromatic nitrogens is 3. The summed E-state index contributed by atoms with van der Waals surface area (Å²) >= 11 is 6.33. The van der Waals surface area contributed by atoms with Crippen LogP contribution in [-0.4, -0.2) is 49.4 Å². The molecule has 0 aliphatic carbocycles. The van der Waals surface area contributed by atoms with Crippen molar-refractivity contribution in [2.24, 2.45) is 0 Å². The molecule has 8 nitrogen and oxygen atoms in total. The van der Waals surface area contributed by atoms with Crippen molar-refractivity contribution in [2.45, 2.75) is 39.3 Å². The van der Waals surface area contributed by atoms with Crippen LogP contribution in [0.4, 0.5) is 15.9 Å². The fourth-order valence-electron chi connectivity index (χ4n) is 4.14. The van der Waals surface area contributed by atoms with Crippen molar-refractivity contribution in [2.75, 3.05) is 17.2 Å². The fourth-order valence-corrected chi connectivity index (χ4v) is 4.42. The summed E-state index contributed by atoms with van der Waals surface area (Å²) in [4.78, 5) is 32.3. The highest BCUT2D eigenvalue weighted by Gasteiger charge is 2.47. The summed E-state index contributed by atoms with van der Waals surface area (Å²) in [5, 5.41) is 4.57. The lowest BCUT2D eigenvalue weighted by Crippen LogP contribution is -2.67. The van der Waals surface area contributed by atoms with E-state index in [0.29, 0.717) is 28.3 Å². The number of carbonyl (C=O) groups is 2. The number of nitrogens with zero attached hydrogens (tertiary/aromatic N) is 5. The second kappa shape index (κ2) is 7.19. The molecule has 2 amide bonds. The fraction of sp³-hybridized carbons (Fsp3) is 0.333. The van der Waals surface area contributed by atoms with E-state index in [2.05, 4.69) is 10.1 Å². The van der Waals surface area contributed by atoms with Crippen LogP contribution >= 0.6 is 11.6 Å². The monoisotopic (exact) mass is 444 g/mol. The highest BCUT2D eigenvalue weighted by Crippen LogP contribution is 2.36. The number of piperazine rings is 1. The number of fused-ring (bicyclic) bond motifs is 1. The molecule has 1 aromatic carbocycles. The average molecular weight is 445 g/mol. The summed E-state index contributed by atoms with van der Waals surface area (Å²) in [5.41, 5.74) is 6.57. The number of halogens is 2. The van der Waals surface area contributed by atoms with E-state index < -0.39 is 17.4 Å². The molecular formula is C21H22ClFN6O2. The van der Waals surface area contributed by atoms with Gasteiger partial charge in [-0.25, -0.2) is 13.9 Å². The van der Waals surface area contributed by atoms with Gasteiger partial charge in [-0.2, -0.15) is 5.10 Å². The van der Waals surface area contributed by atoms with Crippen LogP contribution in [0.25, 0.3) is 16.8 Å². The number of nitrogen functional groups attached to an aromatic ring is 1. The second-order valence-corrected chi connectivity index (χ2v) is 8.57. The van der Waals surface area contributed by atoms with Crippen LogP contribution in [-0.2, 0) is 9.59 Å². The third-order valence-corrected chi connectivity index (χ3v) is 6.01. The van der Waals surface area contributed by atoms with Crippen LogP contribution in [0.15, 0.2) is 30.6 Å². The normalized spacial score (nSPS) is 18.6. The maximum atomic E-state index is 15.0. The van der Waals surface area contributed by atoms with Crippen molar-refractivity contribution in [3.63, 3.8) is 0 Å². The Morgan fingerprint density at radius 3 is 2.71 bits per heavy atom. The van der Waals surface area contributed by atoms with Gasteiger partial charge in [-0.05, 0) is 45.0 Å². The highest BCUT2D eigenvalue weighted by molar-refractivity contribution is 6.35. The SMILES string of the molecule is CC(=O)N1C[C@H](C)N(c2cc(-c3cc(Cl)c4c(N)ncnn34)ccc2F)C(=O)C1(C)C. The summed E-state index contributed by atoms with van der Waals surface area (Å²) in [6.45, 7) is 6.83. The molecule has 3 heterocycles.